The average molecular weight is 432 g/mol. The Morgan fingerprint density at radius 1 is 0.968 bits per heavy atom. The minimum Gasteiger partial charge on any atom is -0.359 e. The molecule has 4 nitrogen and oxygen atoms in total. The number of aromatic nitrogens is 1. The van der Waals surface area contributed by atoms with Gasteiger partial charge in [0, 0.05) is 27.8 Å². The van der Waals surface area contributed by atoms with Gasteiger partial charge < -0.3 is 10.6 Å². The van der Waals surface area contributed by atoms with Crippen LogP contribution < -0.4 is 10.6 Å². The fraction of sp³-hybridized carbons (Fsp3) is 0.120. The Morgan fingerprint density at radius 2 is 1.71 bits per heavy atom. The number of benzene rings is 2. The van der Waals surface area contributed by atoms with E-state index in [1.807, 2.05) is 50.2 Å². The van der Waals surface area contributed by atoms with Gasteiger partial charge in [0.1, 0.15) is 16.6 Å². The van der Waals surface area contributed by atoms with Crippen molar-refractivity contribution < 1.29 is 9.18 Å². The third-order valence-corrected chi connectivity index (χ3v) is 5.86. The predicted molar refractivity (Wildman–Crippen MR) is 124 cm³/mol. The van der Waals surface area contributed by atoms with Crippen LogP contribution in [0.5, 0.6) is 0 Å². The van der Waals surface area contributed by atoms with Crippen molar-refractivity contribution in [2.75, 3.05) is 10.6 Å². The van der Waals surface area contributed by atoms with E-state index < -0.39 is 6.04 Å². The van der Waals surface area contributed by atoms with Gasteiger partial charge >= 0.3 is 0 Å². The summed E-state index contributed by atoms with van der Waals surface area (Å²) in [7, 11) is 0. The molecule has 0 saturated carbocycles. The molecule has 1 atom stereocenters. The molecule has 0 fully saturated rings. The number of rotatable bonds is 6. The molecule has 31 heavy (non-hydrogen) atoms. The number of nitrogens with zero attached hydrogens (tertiary/aromatic N) is 1. The van der Waals surface area contributed by atoms with Crippen molar-refractivity contribution >= 4 is 28.1 Å². The third-order valence-electron chi connectivity index (χ3n) is 4.88. The number of nitrogens with one attached hydrogen (secondary N) is 2. The molecule has 2 heterocycles. The molecule has 2 aromatic heterocycles. The van der Waals surface area contributed by atoms with Crippen LogP contribution in [0.25, 0.3) is 0 Å². The van der Waals surface area contributed by atoms with Crippen molar-refractivity contribution in [2.45, 2.75) is 19.9 Å². The first kappa shape index (κ1) is 20.8. The second kappa shape index (κ2) is 9.10. The van der Waals surface area contributed by atoms with Crippen LogP contribution in [0.2, 0.25) is 0 Å². The van der Waals surface area contributed by atoms with Gasteiger partial charge in [-0.3, -0.25) is 4.79 Å². The lowest BCUT2D eigenvalue weighted by Gasteiger charge is -2.21. The van der Waals surface area contributed by atoms with Gasteiger partial charge in [-0.2, -0.15) is 0 Å². The molecule has 0 unspecified atom stereocenters. The molecule has 0 aliphatic carbocycles. The summed E-state index contributed by atoms with van der Waals surface area (Å²) in [5, 5.41) is 7.06. The number of halogens is 1. The highest BCUT2D eigenvalue weighted by atomic mass is 32.1. The smallest absolute Gasteiger partial charge is 0.256 e. The Kier molecular flexibility index (Phi) is 6.09. The number of amides is 1. The average Bonchev–Trinajstić information content (AvgIpc) is 3.13. The van der Waals surface area contributed by atoms with Gasteiger partial charge in [0.05, 0.1) is 6.04 Å². The van der Waals surface area contributed by atoms with Crippen LogP contribution in [0.3, 0.4) is 0 Å². The van der Waals surface area contributed by atoms with Gasteiger partial charge in [0.15, 0.2) is 0 Å². The first-order valence-electron chi connectivity index (χ1n) is 9.91. The van der Waals surface area contributed by atoms with Crippen LogP contribution in [0.15, 0.2) is 79.0 Å². The second-order valence-electron chi connectivity index (χ2n) is 7.28. The molecule has 6 heteroatoms. The quantitative estimate of drug-likeness (QED) is 0.374. The number of carbonyl (C=O) groups excluding carboxylic acids is 1. The van der Waals surface area contributed by atoms with E-state index in [0.717, 1.165) is 16.0 Å². The number of carbonyl (C=O) groups is 1. The molecule has 0 saturated heterocycles. The first-order valence-corrected chi connectivity index (χ1v) is 10.7. The number of aryl methyl sites for hydroxylation is 2. The molecule has 4 rings (SSSR count). The Hall–Kier alpha value is -3.51. The highest BCUT2D eigenvalue weighted by Crippen LogP contribution is 2.38. The van der Waals surface area contributed by atoms with E-state index in [0.29, 0.717) is 21.9 Å². The highest BCUT2D eigenvalue weighted by molar-refractivity contribution is 7.16. The van der Waals surface area contributed by atoms with E-state index in [1.165, 1.54) is 17.4 Å². The zero-order valence-electron chi connectivity index (χ0n) is 17.2. The van der Waals surface area contributed by atoms with Crippen LogP contribution in [0.4, 0.5) is 15.2 Å². The Morgan fingerprint density at radius 3 is 2.45 bits per heavy atom. The topological polar surface area (TPSA) is 54.0 Å². The van der Waals surface area contributed by atoms with Crippen molar-refractivity contribution in [3.05, 3.63) is 112 Å². The minimum absolute atomic E-state index is 0.204. The van der Waals surface area contributed by atoms with E-state index in [2.05, 4.69) is 15.6 Å². The van der Waals surface area contributed by atoms with E-state index in [4.69, 9.17) is 0 Å². The molecule has 0 aliphatic rings. The summed E-state index contributed by atoms with van der Waals surface area (Å²) in [6.45, 7) is 3.95. The lowest BCUT2D eigenvalue weighted by Crippen LogP contribution is -2.18. The van der Waals surface area contributed by atoms with Crippen LogP contribution >= 0.6 is 11.3 Å². The number of hydrogen-bond acceptors (Lipinski definition) is 4. The van der Waals surface area contributed by atoms with E-state index in [1.54, 1.807) is 36.5 Å². The molecule has 0 bridgehead atoms. The standard InChI is InChI=1S/C25H22FN3OS/c1-16-12-13-27-22(14-16)28-23(19-10-6-7-11-21(19)26)20-15-17(2)31-25(20)29-24(30)18-8-4-3-5-9-18/h3-15,23H,1-2H3,(H,27,28)(H,29,30)/t23-/m0/s1. The summed E-state index contributed by atoms with van der Waals surface area (Å²) in [4.78, 5) is 18.2. The van der Waals surface area contributed by atoms with Crippen LogP contribution in [-0.4, -0.2) is 10.9 Å². The minimum atomic E-state index is -0.522. The van der Waals surface area contributed by atoms with Crippen molar-refractivity contribution in [3.63, 3.8) is 0 Å². The van der Waals surface area contributed by atoms with E-state index >= 15 is 0 Å². The van der Waals surface area contributed by atoms with E-state index in [9.17, 15) is 9.18 Å². The summed E-state index contributed by atoms with van der Waals surface area (Å²) >= 11 is 1.47. The van der Waals surface area contributed by atoms with Gasteiger partial charge in [0.2, 0.25) is 0 Å². The monoisotopic (exact) mass is 431 g/mol. The van der Waals surface area contributed by atoms with Crippen LogP contribution in [-0.2, 0) is 0 Å². The molecule has 1 amide bonds. The highest BCUT2D eigenvalue weighted by Gasteiger charge is 2.24. The lowest BCUT2D eigenvalue weighted by atomic mass is 9.99. The third kappa shape index (κ3) is 4.81. The SMILES string of the molecule is Cc1ccnc(N[C@@H](c2ccccc2F)c2cc(C)sc2NC(=O)c2ccccc2)c1. The first-order chi connectivity index (χ1) is 15.0. The van der Waals surface area contributed by atoms with Gasteiger partial charge in [0.25, 0.3) is 5.91 Å². The number of hydrogen-bond donors (Lipinski definition) is 2. The van der Waals surface area contributed by atoms with Crippen molar-refractivity contribution in [3.8, 4) is 0 Å². The number of pyridine rings is 1. The second-order valence-corrected chi connectivity index (χ2v) is 8.54. The molecule has 0 radical (unpaired) electrons. The summed E-state index contributed by atoms with van der Waals surface area (Å²) in [6.07, 6.45) is 1.72. The molecule has 4 aromatic rings. The molecule has 0 spiro atoms. The summed E-state index contributed by atoms with van der Waals surface area (Å²) in [5.41, 5.74) is 2.89. The summed E-state index contributed by atoms with van der Waals surface area (Å²) in [5.74, 6) is 0.110. The maximum atomic E-state index is 14.8. The number of anilines is 2. The van der Waals surface area contributed by atoms with Gasteiger partial charge in [-0.15, -0.1) is 11.3 Å². The maximum absolute atomic E-state index is 14.8. The van der Waals surface area contributed by atoms with Crippen LogP contribution in [0.1, 0.15) is 38.0 Å². The van der Waals surface area contributed by atoms with Crippen LogP contribution in [0, 0.1) is 19.7 Å². The Bertz CT molecular complexity index is 1210. The van der Waals surface area contributed by atoms with Gasteiger partial charge in [-0.1, -0.05) is 36.4 Å². The molecule has 156 valence electrons. The number of thiophene rings is 1. The maximum Gasteiger partial charge on any atom is 0.256 e. The molecule has 2 aromatic carbocycles. The fourth-order valence-corrected chi connectivity index (χ4v) is 4.35. The lowest BCUT2D eigenvalue weighted by molar-refractivity contribution is 0.102. The zero-order chi connectivity index (χ0) is 21.8. The summed E-state index contributed by atoms with van der Waals surface area (Å²) in [6, 6.07) is 21.0. The van der Waals surface area contributed by atoms with Crippen molar-refractivity contribution in [1.82, 2.24) is 4.98 Å². The molecular formula is C25H22FN3OS. The zero-order valence-corrected chi connectivity index (χ0v) is 18.0. The predicted octanol–water partition coefficient (Wildman–Crippen LogP) is 6.35. The molecule has 2 N–H and O–H groups in total. The fourth-order valence-electron chi connectivity index (χ4n) is 3.41. The summed E-state index contributed by atoms with van der Waals surface area (Å²) < 4.78 is 14.8. The van der Waals surface area contributed by atoms with E-state index in [-0.39, 0.29) is 11.7 Å². The van der Waals surface area contributed by atoms with Crippen molar-refractivity contribution in [2.24, 2.45) is 0 Å². The van der Waals surface area contributed by atoms with Gasteiger partial charge in [-0.05, 0) is 55.8 Å². The normalized spacial score (nSPS) is 11.7. The molecule has 0 aliphatic heterocycles. The largest absolute Gasteiger partial charge is 0.359 e. The van der Waals surface area contributed by atoms with Crippen molar-refractivity contribution in [1.29, 1.82) is 0 Å². The molecular weight excluding hydrogens is 409 g/mol. The Balaban J connectivity index is 1.75. The Labute approximate surface area is 184 Å². The van der Waals surface area contributed by atoms with Gasteiger partial charge in [-0.25, -0.2) is 9.37 Å².